The molecule has 0 amide bonds. The first kappa shape index (κ1) is 41.4. The molecule has 0 bridgehead atoms. The third kappa shape index (κ3) is 7.68. The smallest absolute Gasteiger partial charge is 0.0709 e. The van der Waals surface area contributed by atoms with Gasteiger partial charge in [-0.2, -0.15) is 0 Å². The molecule has 0 N–H and O–H groups in total. The Balaban J connectivity index is 1.21. The maximum atomic E-state index is 5.16. The predicted octanol–water partition coefficient (Wildman–Crippen LogP) is 16.2. The van der Waals surface area contributed by atoms with Crippen LogP contribution in [0, 0.1) is 27.7 Å². The maximum Gasteiger partial charge on any atom is 0.0709 e. The van der Waals surface area contributed by atoms with Crippen LogP contribution in [0.1, 0.15) is 22.3 Å². The maximum absolute atomic E-state index is 5.16. The molecule has 11 rings (SSSR count). The van der Waals surface area contributed by atoms with Crippen molar-refractivity contribution in [2.45, 2.75) is 27.7 Å². The number of rotatable bonds is 9. The van der Waals surface area contributed by atoms with Crippen molar-refractivity contribution in [1.82, 2.24) is 19.1 Å². The summed E-state index contributed by atoms with van der Waals surface area (Å²) in [6.07, 6.45) is 8.56. The van der Waals surface area contributed by atoms with E-state index in [0.29, 0.717) is 0 Å². The van der Waals surface area contributed by atoms with Gasteiger partial charge in [0.2, 0.25) is 0 Å². The summed E-state index contributed by atoms with van der Waals surface area (Å²) in [5, 5.41) is 2.40. The average molecular weight is 866 g/mol. The minimum Gasteiger partial charge on any atom is -0.350 e. The standard InChI is InChI=1S/C62H51N5/c1-40-25-26-41(2)62(27-40)67(50-30-46(56-38-65(5)60-23-15-13-21-52(56)60)28-48(32-50)58-34-54(42(3)36-63-58)44-17-9-7-10-18-44)51-31-47(57-39-66(6)61-24-16-14-22-53(57)61)29-49(33-51)59-35-55(43(4)37-64-59)45-19-11-8-12-20-45/h7-39H,1-6H3. The molecule has 11 aromatic rings. The van der Waals surface area contributed by atoms with Crippen LogP contribution in [-0.4, -0.2) is 19.1 Å². The van der Waals surface area contributed by atoms with Gasteiger partial charge < -0.3 is 14.0 Å². The lowest BCUT2D eigenvalue weighted by Crippen LogP contribution is -2.12. The van der Waals surface area contributed by atoms with Crippen LogP contribution in [0.25, 0.3) is 88.8 Å². The van der Waals surface area contributed by atoms with Crippen molar-refractivity contribution in [3.8, 4) is 67.0 Å². The number of fused-ring (bicyclic) bond motifs is 2. The van der Waals surface area contributed by atoms with Gasteiger partial charge in [0.1, 0.15) is 0 Å². The van der Waals surface area contributed by atoms with Crippen LogP contribution in [0.2, 0.25) is 0 Å². The van der Waals surface area contributed by atoms with Gasteiger partial charge in [0.15, 0.2) is 0 Å². The molecule has 67 heavy (non-hydrogen) atoms. The second-order valence-electron chi connectivity index (χ2n) is 18.0. The van der Waals surface area contributed by atoms with E-state index in [-0.39, 0.29) is 0 Å². The van der Waals surface area contributed by atoms with Gasteiger partial charge in [-0.25, -0.2) is 0 Å². The highest BCUT2D eigenvalue weighted by atomic mass is 15.1. The number of aryl methyl sites for hydroxylation is 6. The Bertz CT molecular complexity index is 3440. The normalized spacial score (nSPS) is 11.4. The molecule has 324 valence electrons. The Morgan fingerprint density at radius 2 is 0.806 bits per heavy atom. The van der Waals surface area contributed by atoms with Crippen molar-refractivity contribution in [3.05, 3.63) is 223 Å². The van der Waals surface area contributed by atoms with Crippen LogP contribution in [0.15, 0.2) is 201 Å². The molecule has 0 aliphatic carbocycles. The summed E-state index contributed by atoms with van der Waals surface area (Å²) in [6, 6.07) is 63.9. The molecular weight excluding hydrogens is 815 g/mol. The minimum absolute atomic E-state index is 0.913. The Morgan fingerprint density at radius 3 is 1.28 bits per heavy atom. The van der Waals surface area contributed by atoms with Crippen LogP contribution in [0.4, 0.5) is 17.1 Å². The Hall–Kier alpha value is -8.28. The first-order valence-electron chi connectivity index (χ1n) is 23.0. The lowest BCUT2D eigenvalue weighted by Gasteiger charge is -2.29. The molecule has 4 aromatic heterocycles. The lowest BCUT2D eigenvalue weighted by molar-refractivity contribution is 0.970. The molecule has 4 heterocycles. The molecule has 0 saturated heterocycles. The van der Waals surface area contributed by atoms with Crippen molar-refractivity contribution in [1.29, 1.82) is 0 Å². The summed E-state index contributed by atoms with van der Waals surface area (Å²) >= 11 is 0. The Kier molecular flexibility index (Phi) is 10.5. The molecule has 0 saturated carbocycles. The molecule has 0 fully saturated rings. The van der Waals surface area contributed by atoms with Gasteiger partial charge in [-0.05, 0) is 150 Å². The number of benzene rings is 7. The molecule has 5 heteroatoms. The van der Waals surface area contributed by atoms with Gasteiger partial charge in [-0.1, -0.05) is 109 Å². The first-order valence-corrected chi connectivity index (χ1v) is 23.0. The highest BCUT2D eigenvalue weighted by molar-refractivity contribution is 6.00. The third-order valence-electron chi connectivity index (χ3n) is 13.3. The first-order chi connectivity index (χ1) is 32.7. The van der Waals surface area contributed by atoms with E-state index in [1.165, 1.54) is 66.3 Å². The second kappa shape index (κ2) is 16.9. The summed E-state index contributed by atoms with van der Waals surface area (Å²) in [7, 11) is 4.27. The molecule has 0 aliphatic rings. The summed E-state index contributed by atoms with van der Waals surface area (Å²) in [6.45, 7) is 8.69. The number of pyridine rings is 2. The number of hydrogen-bond acceptors (Lipinski definition) is 3. The van der Waals surface area contributed by atoms with Crippen LogP contribution in [0.5, 0.6) is 0 Å². The van der Waals surface area contributed by atoms with Gasteiger partial charge >= 0.3 is 0 Å². The summed E-state index contributed by atoms with van der Waals surface area (Å²) in [5.74, 6) is 0. The van der Waals surface area contributed by atoms with Crippen molar-refractivity contribution >= 4 is 38.9 Å². The van der Waals surface area contributed by atoms with Gasteiger partial charge in [0.05, 0.1) is 11.4 Å². The fourth-order valence-electron chi connectivity index (χ4n) is 9.84. The van der Waals surface area contributed by atoms with Crippen molar-refractivity contribution in [3.63, 3.8) is 0 Å². The number of anilines is 3. The van der Waals surface area contributed by atoms with Gasteiger partial charge in [-0.15, -0.1) is 0 Å². The molecule has 0 radical (unpaired) electrons. The highest BCUT2D eigenvalue weighted by Crippen LogP contribution is 2.46. The highest BCUT2D eigenvalue weighted by Gasteiger charge is 2.23. The molecule has 0 atom stereocenters. The van der Waals surface area contributed by atoms with Crippen LogP contribution < -0.4 is 4.90 Å². The van der Waals surface area contributed by atoms with E-state index in [1.54, 1.807) is 0 Å². The molecule has 5 nitrogen and oxygen atoms in total. The fourth-order valence-corrected chi connectivity index (χ4v) is 9.84. The van der Waals surface area contributed by atoms with Gasteiger partial charge in [0.25, 0.3) is 0 Å². The fraction of sp³-hybridized carbons (Fsp3) is 0.0968. The molecule has 0 unspecified atom stereocenters. The SMILES string of the molecule is Cc1ccc(C)c(N(c2cc(-c3cc(-c4ccccc4)c(C)cn3)cc(-c3cn(C)c4ccccc34)c2)c2cc(-c3cc(-c4ccccc4)c(C)cn3)cc(-c3cn(C)c4ccccc34)c2)c1. The summed E-state index contributed by atoms with van der Waals surface area (Å²) in [5.41, 5.74) is 23.3. The zero-order valence-electron chi connectivity index (χ0n) is 38.8. The number of hydrogen-bond donors (Lipinski definition) is 0. The number of nitrogens with zero attached hydrogens (tertiary/aromatic N) is 5. The lowest BCUT2D eigenvalue weighted by atomic mass is 9.95. The van der Waals surface area contributed by atoms with Crippen LogP contribution in [0.3, 0.4) is 0 Å². The zero-order chi connectivity index (χ0) is 45.8. The topological polar surface area (TPSA) is 38.9 Å². The van der Waals surface area contributed by atoms with E-state index in [9.17, 15) is 0 Å². The van der Waals surface area contributed by atoms with Gasteiger partial charge in [-0.3, -0.25) is 9.97 Å². The molecule has 0 spiro atoms. The number of aromatic nitrogens is 4. The van der Waals surface area contributed by atoms with E-state index in [2.05, 4.69) is 244 Å². The third-order valence-corrected chi connectivity index (χ3v) is 13.3. The summed E-state index contributed by atoms with van der Waals surface area (Å²) in [4.78, 5) is 12.8. The van der Waals surface area contributed by atoms with Crippen molar-refractivity contribution < 1.29 is 0 Å². The summed E-state index contributed by atoms with van der Waals surface area (Å²) < 4.78 is 4.46. The monoisotopic (exact) mass is 865 g/mol. The largest absolute Gasteiger partial charge is 0.350 e. The van der Waals surface area contributed by atoms with Crippen molar-refractivity contribution in [2.24, 2.45) is 14.1 Å². The van der Waals surface area contributed by atoms with Crippen LogP contribution in [-0.2, 0) is 14.1 Å². The Labute approximate surface area is 392 Å². The predicted molar refractivity (Wildman–Crippen MR) is 281 cm³/mol. The Morgan fingerprint density at radius 1 is 0.373 bits per heavy atom. The quantitative estimate of drug-likeness (QED) is 0.145. The zero-order valence-corrected chi connectivity index (χ0v) is 38.8. The number of para-hydroxylation sites is 2. The van der Waals surface area contributed by atoms with E-state index in [1.807, 2.05) is 12.4 Å². The average Bonchev–Trinajstić information content (AvgIpc) is 3.89. The molecule has 7 aromatic carbocycles. The van der Waals surface area contributed by atoms with E-state index in [4.69, 9.17) is 9.97 Å². The minimum atomic E-state index is 0.913. The molecule has 0 aliphatic heterocycles. The van der Waals surface area contributed by atoms with E-state index in [0.717, 1.165) is 61.8 Å². The second-order valence-corrected chi connectivity index (χ2v) is 18.0. The van der Waals surface area contributed by atoms with Crippen LogP contribution >= 0.6 is 0 Å². The molecular formula is C62H51N5. The van der Waals surface area contributed by atoms with E-state index < -0.39 is 0 Å². The van der Waals surface area contributed by atoms with Crippen molar-refractivity contribution in [2.75, 3.05) is 4.90 Å². The van der Waals surface area contributed by atoms with Gasteiger partial charge in [0, 0.05) is 100 Å². The van der Waals surface area contributed by atoms with E-state index >= 15 is 0 Å².